The molecule has 1 aliphatic heterocycles. The van der Waals surface area contributed by atoms with Crippen LogP contribution in [0.5, 0.6) is 0 Å². The van der Waals surface area contributed by atoms with Crippen LogP contribution in [-0.2, 0) is 32.9 Å². The minimum Gasteiger partial charge on any atom is -0.341 e. The maximum atomic E-state index is 13.9. The summed E-state index contributed by atoms with van der Waals surface area (Å²) < 4.78 is 0. The van der Waals surface area contributed by atoms with E-state index in [0.29, 0.717) is 6.54 Å². The number of aryl methyl sites for hydroxylation is 2. The van der Waals surface area contributed by atoms with E-state index in [1.807, 2.05) is 68.4 Å². The number of carbonyl (C=O) groups is 3. The minimum absolute atomic E-state index is 0.0267. The number of aromatic nitrogens is 1. The zero-order chi connectivity index (χ0) is 24.3. The lowest BCUT2D eigenvalue weighted by Crippen LogP contribution is -2.42. The molecule has 174 valence electrons. The van der Waals surface area contributed by atoms with Gasteiger partial charge in [-0.15, -0.1) is 0 Å². The zero-order valence-corrected chi connectivity index (χ0v) is 19.8. The Morgan fingerprint density at radius 1 is 1.00 bits per heavy atom. The molecular formula is C28H29N3O3. The van der Waals surface area contributed by atoms with E-state index in [9.17, 15) is 14.4 Å². The van der Waals surface area contributed by atoms with Crippen LogP contribution < -0.4 is 0 Å². The van der Waals surface area contributed by atoms with Crippen molar-refractivity contribution in [3.05, 3.63) is 101 Å². The van der Waals surface area contributed by atoms with Crippen LogP contribution in [0.15, 0.2) is 73.1 Å². The monoisotopic (exact) mass is 455 g/mol. The average Bonchev–Trinajstić information content (AvgIpc) is 3.06. The van der Waals surface area contributed by atoms with E-state index in [4.69, 9.17) is 0 Å². The Labute approximate surface area is 200 Å². The molecule has 1 aliphatic rings. The number of carbonyl (C=O) groups excluding carboxylic acids is 3. The van der Waals surface area contributed by atoms with Crippen LogP contribution in [0.2, 0.25) is 0 Å². The van der Waals surface area contributed by atoms with Crippen LogP contribution in [0, 0.1) is 13.8 Å². The molecule has 0 bridgehead atoms. The molecule has 0 unspecified atom stereocenters. The van der Waals surface area contributed by atoms with Gasteiger partial charge in [0.15, 0.2) is 0 Å². The van der Waals surface area contributed by atoms with Crippen molar-refractivity contribution in [2.75, 3.05) is 7.05 Å². The van der Waals surface area contributed by atoms with Crippen LogP contribution >= 0.6 is 0 Å². The summed E-state index contributed by atoms with van der Waals surface area (Å²) >= 11 is 0. The SMILES string of the molecule is Cc1ccc(CN(C)C(=O)C[C@@]2(c3ccccc3C)CC(=O)N(Cc3cccnc3)C2=O)cc1. The summed E-state index contributed by atoms with van der Waals surface area (Å²) in [5.74, 6) is -0.771. The summed E-state index contributed by atoms with van der Waals surface area (Å²) in [6.07, 6.45) is 3.21. The van der Waals surface area contributed by atoms with Crippen LogP contribution in [0.3, 0.4) is 0 Å². The van der Waals surface area contributed by atoms with Gasteiger partial charge >= 0.3 is 0 Å². The standard InChI is InChI=1S/C28H29N3O3/c1-20-10-12-22(13-11-20)18-30(3)25(32)15-28(24-9-5-4-7-21(24)2)16-26(33)31(27(28)34)19-23-8-6-14-29-17-23/h4-14,17H,15-16,18-19H2,1-3H3/t28-/m0/s1. The number of hydrogen-bond donors (Lipinski definition) is 0. The molecule has 0 N–H and O–H groups in total. The molecule has 0 saturated carbocycles. The number of nitrogens with zero attached hydrogens (tertiary/aromatic N) is 3. The Bertz CT molecular complexity index is 1210. The van der Waals surface area contributed by atoms with Gasteiger partial charge in [-0.25, -0.2) is 0 Å². The molecule has 1 saturated heterocycles. The van der Waals surface area contributed by atoms with Gasteiger partial charge in [0.05, 0.1) is 12.0 Å². The summed E-state index contributed by atoms with van der Waals surface area (Å²) in [6, 6.07) is 19.2. The smallest absolute Gasteiger partial charge is 0.241 e. The van der Waals surface area contributed by atoms with Gasteiger partial charge in [-0.05, 0) is 42.2 Å². The van der Waals surface area contributed by atoms with Crippen LogP contribution in [0.25, 0.3) is 0 Å². The lowest BCUT2D eigenvalue weighted by atomic mass is 9.74. The third-order valence-corrected chi connectivity index (χ3v) is 6.55. The molecule has 1 atom stereocenters. The molecule has 0 spiro atoms. The fraction of sp³-hybridized carbons (Fsp3) is 0.286. The quantitative estimate of drug-likeness (QED) is 0.506. The second kappa shape index (κ2) is 9.59. The van der Waals surface area contributed by atoms with Crippen LogP contribution in [-0.4, -0.2) is 39.6 Å². The maximum absolute atomic E-state index is 13.9. The number of hydrogen-bond acceptors (Lipinski definition) is 4. The Hall–Kier alpha value is -3.80. The Kier molecular flexibility index (Phi) is 6.59. The Morgan fingerprint density at radius 2 is 1.74 bits per heavy atom. The van der Waals surface area contributed by atoms with Gasteiger partial charge in [-0.3, -0.25) is 24.3 Å². The first-order valence-corrected chi connectivity index (χ1v) is 11.4. The number of rotatable bonds is 7. The van der Waals surface area contributed by atoms with Crippen molar-refractivity contribution < 1.29 is 14.4 Å². The molecule has 3 amide bonds. The predicted octanol–water partition coefficient (Wildman–Crippen LogP) is 3.94. The molecule has 3 aromatic rings. The lowest BCUT2D eigenvalue weighted by Gasteiger charge is -2.30. The molecule has 0 radical (unpaired) electrons. The highest BCUT2D eigenvalue weighted by Crippen LogP contribution is 2.42. The molecule has 2 heterocycles. The molecule has 4 rings (SSSR count). The zero-order valence-electron chi connectivity index (χ0n) is 19.8. The topological polar surface area (TPSA) is 70.6 Å². The van der Waals surface area contributed by atoms with Gasteiger partial charge in [0.1, 0.15) is 0 Å². The highest BCUT2D eigenvalue weighted by molar-refractivity contribution is 6.10. The van der Waals surface area contributed by atoms with Crippen molar-refractivity contribution in [2.24, 2.45) is 0 Å². The van der Waals surface area contributed by atoms with Crippen molar-refractivity contribution >= 4 is 17.7 Å². The second-order valence-corrected chi connectivity index (χ2v) is 9.13. The van der Waals surface area contributed by atoms with Gasteiger partial charge in [0.2, 0.25) is 17.7 Å². The van der Waals surface area contributed by atoms with Crippen molar-refractivity contribution in [1.29, 1.82) is 0 Å². The first-order valence-electron chi connectivity index (χ1n) is 11.4. The summed E-state index contributed by atoms with van der Waals surface area (Å²) in [7, 11) is 1.74. The van der Waals surface area contributed by atoms with Gasteiger partial charge in [0.25, 0.3) is 0 Å². The molecule has 1 fully saturated rings. The van der Waals surface area contributed by atoms with Crippen LogP contribution in [0.4, 0.5) is 0 Å². The second-order valence-electron chi connectivity index (χ2n) is 9.13. The Morgan fingerprint density at radius 3 is 2.41 bits per heavy atom. The van der Waals surface area contributed by atoms with E-state index in [2.05, 4.69) is 4.98 Å². The van der Waals surface area contributed by atoms with Crippen molar-refractivity contribution in [3.8, 4) is 0 Å². The van der Waals surface area contributed by atoms with E-state index in [-0.39, 0.29) is 37.1 Å². The largest absolute Gasteiger partial charge is 0.341 e. The summed E-state index contributed by atoms with van der Waals surface area (Å²) in [6.45, 7) is 4.51. The van der Waals surface area contributed by atoms with Gasteiger partial charge < -0.3 is 4.90 Å². The van der Waals surface area contributed by atoms with E-state index in [1.165, 1.54) is 4.90 Å². The third-order valence-electron chi connectivity index (χ3n) is 6.55. The predicted molar refractivity (Wildman–Crippen MR) is 130 cm³/mol. The molecule has 34 heavy (non-hydrogen) atoms. The molecule has 6 heteroatoms. The molecule has 0 aliphatic carbocycles. The number of likely N-dealkylation sites (tertiary alicyclic amines) is 1. The molecule has 1 aromatic heterocycles. The summed E-state index contributed by atoms with van der Waals surface area (Å²) in [5.41, 5.74) is 3.34. The fourth-order valence-corrected chi connectivity index (χ4v) is 4.64. The average molecular weight is 456 g/mol. The summed E-state index contributed by atoms with van der Waals surface area (Å²) in [5, 5.41) is 0. The number of imide groups is 1. The molecule has 2 aromatic carbocycles. The van der Waals surface area contributed by atoms with E-state index in [0.717, 1.165) is 27.8 Å². The maximum Gasteiger partial charge on any atom is 0.241 e. The van der Waals surface area contributed by atoms with E-state index in [1.54, 1.807) is 30.4 Å². The van der Waals surface area contributed by atoms with Crippen LogP contribution in [0.1, 0.15) is 40.7 Å². The molecule has 6 nitrogen and oxygen atoms in total. The van der Waals surface area contributed by atoms with Crippen molar-refractivity contribution in [2.45, 2.75) is 45.2 Å². The molecular weight excluding hydrogens is 426 g/mol. The fourth-order valence-electron chi connectivity index (χ4n) is 4.64. The highest BCUT2D eigenvalue weighted by atomic mass is 16.2. The van der Waals surface area contributed by atoms with Crippen molar-refractivity contribution in [1.82, 2.24) is 14.8 Å². The summed E-state index contributed by atoms with van der Waals surface area (Å²) in [4.78, 5) is 47.4. The number of pyridine rings is 1. The van der Waals surface area contributed by atoms with E-state index >= 15 is 0 Å². The first-order chi connectivity index (χ1) is 16.3. The number of benzene rings is 2. The lowest BCUT2D eigenvalue weighted by molar-refractivity contribution is -0.143. The first kappa shape index (κ1) is 23.4. The van der Waals surface area contributed by atoms with E-state index < -0.39 is 5.41 Å². The third kappa shape index (κ3) is 4.62. The number of amides is 3. The minimum atomic E-state index is -1.22. The highest BCUT2D eigenvalue weighted by Gasteiger charge is 2.54. The normalized spacial score (nSPS) is 17.8. The van der Waals surface area contributed by atoms with Gasteiger partial charge in [0, 0.05) is 38.8 Å². The van der Waals surface area contributed by atoms with Gasteiger partial charge in [-0.1, -0.05) is 60.2 Å². The van der Waals surface area contributed by atoms with Gasteiger partial charge in [-0.2, -0.15) is 0 Å². The van der Waals surface area contributed by atoms with Crippen molar-refractivity contribution in [3.63, 3.8) is 0 Å². The Balaban J connectivity index is 1.64.